The van der Waals surface area contributed by atoms with E-state index in [9.17, 15) is 18.0 Å². The fourth-order valence-corrected chi connectivity index (χ4v) is 3.18. The van der Waals surface area contributed by atoms with E-state index in [4.69, 9.17) is 4.74 Å². The summed E-state index contributed by atoms with van der Waals surface area (Å²) < 4.78 is 47.2. The van der Waals surface area contributed by atoms with Crippen LogP contribution in [0.5, 0.6) is 5.75 Å². The van der Waals surface area contributed by atoms with Crippen molar-refractivity contribution in [1.29, 1.82) is 0 Å². The average Bonchev–Trinajstić information content (AvgIpc) is 3.47. The maximum atomic E-state index is 13.0. The van der Waals surface area contributed by atoms with Crippen LogP contribution in [0.15, 0.2) is 73.2 Å². The first-order valence-electron chi connectivity index (χ1n) is 9.54. The topological polar surface area (TPSA) is 74.0 Å². The molecule has 32 heavy (non-hydrogen) atoms. The summed E-state index contributed by atoms with van der Waals surface area (Å²) in [6.07, 6.45) is 0.318. The highest BCUT2D eigenvalue weighted by Gasteiger charge is 2.30. The third-order valence-electron chi connectivity index (χ3n) is 4.74. The number of ether oxygens (including phenoxy) is 1. The maximum Gasteiger partial charge on any atom is 0.416 e. The lowest BCUT2D eigenvalue weighted by atomic mass is 10.1. The summed E-state index contributed by atoms with van der Waals surface area (Å²) in [4.78, 5) is 12.8. The number of hydrogen-bond donors (Lipinski definition) is 1. The quantitative estimate of drug-likeness (QED) is 0.491. The zero-order valence-electron chi connectivity index (χ0n) is 16.9. The first-order valence-corrected chi connectivity index (χ1v) is 9.54. The van der Waals surface area contributed by atoms with Gasteiger partial charge in [0.15, 0.2) is 11.4 Å². The van der Waals surface area contributed by atoms with E-state index in [0.717, 1.165) is 23.4 Å². The molecule has 0 aliphatic carbocycles. The summed E-state index contributed by atoms with van der Waals surface area (Å²) in [5.74, 6) is -0.386. The van der Waals surface area contributed by atoms with Crippen molar-refractivity contribution < 1.29 is 22.7 Å². The minimum absolute atomic E-state index is 0.0403. The Kier molecular flexibility index (Phi) is 5.67. The van der Waals surface area contributed by atoms with Crippen LogP contribution in [0, 0.1) is 0 Å². The van der Waals surface area contributed by atoms with Crippen LogP contribution < -0.4 is 10.1 Å². The summed E-state index contributed by atoms with van der Waals surface area (Å²) in [6.45, 7) is 0.189. The predicted octanol–water partition coefficient (Wildman–Crippen LogP) is 4.02. The molecule has 1 amide bonds. The van der Waals surface area contributed by atoms with Crippen LogP contribution in [-0.2, 0) is 12.7 Å². The van der Waals surface area contributed by atoms with Crippen LogP contribution in [0.25, 0.3) is 11.4 Å². The number of benzene rings is 2. The highest BCUT2D eigenvalue weighted by molar-refractivity contribution is 5.95. The van der Waals surface area contributed by atoms with Crippen LogP contribution in [0.4, 0.5) is 13.2 Å². The molecule has 0 saturated carbocycles. The molecule has 0 aliphatic heterocycles. The number of carbonyl (C=O) groups is 1. The number of rotatable bonds is 6. The number of amides is 1. The van der Waals surface area contributed by atoms with Crippen molar-refractivity contribution in [3.8, 4) is 17.1 Å². The number of hydrogen-bond acceptors (Lipinski definition) is 4. The fraction of sp³-hybridized carbons (Fsp3) is 0.136. The summed E-state index contributed by atoms with van der Waals surface area (Å²) in [5, 5.41) is 11.1. The lowest BCUT2D eigenvalue weighted by Gasteiger charge is -2.10. The normalized spacial score (nSPS) is 11.4. The molecule has 2 aromatic carbocycles. The number of carbonyl (C=O) groups excluding carboxylic acids is 1. The van der Waals surface area contributed by atoms with E-state index in [1.165, 1.54) is 30.1 Å². The van der Waals surface area contributed by atoms with Crippen molar-refractivity contribution in [3.63, 3.8) is 0 Å². The number of nitrogens with one attached hydrogen (secondary N) is 1. The van der Waals surface area contributed by atoms with Gasteiger partial charge in [0.1, 0.15) is 0 Å². The van der Waals surface area contributed by atoms with E-state index in [-0.39, 0.29) is 23.7 Å². The van der Waals surface area contributed by atoms with Gasteiger partial charge >= 0.3 is 6.18 Å². The Balaban J connectivity index is 1.57. The molecule has 7 nitrogen and oxygen atoms in total. The number of nitrogens with zero attached hydrogens (tertiary/aromatic N) is 4. The SMILES string of the molecule is COc1cn(-c2cccc(C(F)(F)F)c2)nc1C(=O)NCc1ccccc1-n1cccn1. The van der Waals surface area contributed by atoms with E-state index in [2.05, 4.69) is 15.5 Å². The second-order valence-corrected chi connectivity index (χ2v) is 6.80. The van der Waals surface area contributed by atoms with Gasteiger partial charge in [-0.1, -0.05) is 24.3 Å². The van der Waals surface area contributed by atoms with Gasteiger partial charge in [-0.3, -0.25) is 4.79 Å². The molecule has 0 saturated heterocycles. The molecule has 10 heteroatoms. The molecule has 0 bridgehead atoms. The zero-order valence-corrected chi connectivity index (χ0v) is 16.9. The van der Waals surface area contributed by atoms with Crippen molar-refractivity contribution in [2.45, 2.75) is 12.7 Å². The summed E-state index contributed by atoms with van der Waals surface area (Å²) in [6, 6.07) is 13.9. The highest BCUT2D eigenvalue weighted by atomic mass is 19.4. The van der Waals surface area contributed by atoms with Crippen molar-refractivity contribution >= 4 is 5.91 Å². The van der Waals surface area contributed by atoms with Gasteiger partial charge < -0.3 is 10.1 Å². The van der Waals surface area contributed by atoms with Crippen LogP contribution in [0.2, 0.25) is 0 Å². The standard InChI is InChI=1S/C22H18F3N5O2/c1-32-19-14-30(17-8-4-7-16(12-17)22(23,24)25)28-20(19)21(31)26-13-15-6-2-3-9-18(15)29-11-5-10-27-29/h2-12,14H,13H2,1H3,(H,26,31). The Morgan fingerprint density at radius 1 is 1.09 bits per heavy atom. The minimum atomic E-state index is -4.49. The third-order valence-corrected chi connectivity index (χ3v) is 4.74. The van der Waals surface area contributed by atoms with Crippen LogP contribution in [0.3, 0.4) is 0 Å². The van der Waals surface area contributed by atoms with Crippen LogP contribution in [-0.4, -0.2) is 32.6 Å². The van der Waals surface area contributed by atoms with Crippen molar-refractivity contribution in [1.82, 2.24) is 24.9 Å². The number of methoxy groups -OCH3 is 1. The van der Waals surface area contributed by atoms with Gasteiger partial charge in [0, 0.05) is 18.9 Å². The molecule has 164 valence electrons. The largest absolute Gasteiger partial charge is 0.493 e. The van der Waals surface area contributed by atoms with Gasteiger partial charge in [0.25, 0.3) is 5.91 Å². The summed E-state index contributed by atoms with van der Waals surface area (Å²) in [7, 11) is 1.36. The van der Waals surface area contributed by atoms with Gasteiger partial charge in [0.05, 0.1) is 30.2 Å². The maximum absolute atomic E-state index is 13.0. The zero-order chi connectivity index (χ0) is 22.7. The van der Waals surface area contributed by atoms with E-state index in [0.29, 0.717) is 0 Å². The van der Waals surface area contributed by atoms with Gasteiger partial charge in [-0.25, -0.2) is 9.36 Å². The van der Waals surface area contributed by atoms with Gasteiger partial charge in [-0.15, -0.1) is 0 Å². The Hall–Kier alpha value is -4.08. The van der Waals surface area contributed by atoms with Crippen molar-refractivity contribution in [2.24, 2.45) is 0 Å². The minimum Gasteiger partial charge on any atom is -0.493 e. The number of aromatic nitrogens is 4. The third kappa shape index (κ3) is 4.34. The first-order chi connectivity index (χ1) is 15.4. The lowest BCUT2D eigenvalue weighted by molar-refractivity contribution is -0.137. The Morgan fingerprint density at radius 2 is 1.91 bits per heavy atom. The van der Waals surface area contributed by atoms with Crippen LogP contribution >= 0.6 is 0 Å². The lowest BCUT2D eigenvalue weighted by Crippen LogP contribution is -2.24. The number of para-hydroxylation sites is 1. The summed E-state index contributed by atoms with van der Waals surface area (Å²) >= 11 is 0. The molecule has 2 heterocycles. The molecule has 4 rings (SSSR count). The molecule has 0 unspecified atom stereocenters. The monoisotopic (exact) mass is 441 g/mol. The van der Waals surface area contributed by atoms with Gasteiger partial charge in [0.2, 0.25) is 0 Å². The van der Waals surface area contributed by atoms with Crippen molar-refractivity contribution in [2.75, 3.05) is 7.11 Å². The summed E-state index contributed by atoms with van der Waals surface area (Å²) in [5.41, 5.74) is 0.925. The predicted molar refractivity (Wildman–Crippen MR) is 110 cm³/mol. The second-order valence-electron chi connectivity index (χ2n) is 6.80. The van der Waals surface area contributed by atoms with Crippen LogP contribution in [0.1, 0.15) is 21.6 Å². The average molecular weight is 441 g/mol. The molecule has 0 aliphatic rings. The fourth-order valence-electron chi connectivity index (χ4n) is 3.18. The van der Waals surface area contributed by atoms with E-state index in [1.807, 2.05) is 24.3 Å². The molecule has 1 N–H and O–H groups in total. The first kappa shape index (κ1) is 21.2. The molecule has 0 spiro atoms. The molecule has 0 fully saturated rings. The van der Waals surface area contributed by atoms with E-state index < -0.39 is 17.6 Å². The molecular weight excluding hydrogens is 423 g/mol. The molecule has 2 aromatic heterocycles. The molecular formula is C22H18F3N5O2. The number of alkyl halides is 3. The second kappa shape index (κ2) is 8.58. The molecule has 4 aromatic rings. The van der Waals surface area contributed by atoms with Crippen molar-refractivity contribution in [3.05, 3.63) is 90.0 Å². The number of halogens is 3. The smallest absolute Gasteiger partial charge is 0.416 e. The van der Waals surface area contributed by atoms with Gasteiger partial charge in [-0.2, -0.15) is 23.4 Å². The highest BCUT2D eigenvalue weighted by Crippen LogP contribution is 2.30. The van der Waals surface area contributed by atoms with Gasteiger partial charge in [-0.05, 0) is 35.9 Å². The van der Waals surface area contributed by atoms with E-state index in [1.54, 1.807) is 23.1 Å². The Labute approximate surface area is 181 Å². The van der Waals surface area contributed by atoms with E-state index >= 15 is 0 Å². The Morgan fingerprint density at radius 3 is 2.62 bits per heavy atom. The molecule has 0 radical (unpaired) electrons. The Bertz CT molecular complexity index is 1230. The molecule has 0 atom stereocenters.